The van der Waals surface area contributed by atoms with Crippen LogP contribution in [0.2, 0.25) is 0 Å². The lowest BCUT2D eigenvalue weighted by Crippen LogP contribution is -2.07. The van der Waals surface area contributed by atoms with Crippen LogP contribution in [-0.2, 0) is 0 Å². The summed E-state index contributed by atoms with van der Waals surface area (Å²) in [4.78, 5) is 17.8. The Balaban J connectivity index is 2.98. The third kappa shape index (κ3) is 3.40. The largest absolute Gasteiger partial charge is 0.476 e. The Labute approximate surface area is 98.7 Å². The second-order valence-electron chi connectivity index (χ2n) is 3.50. The van der Waals surface area contributed by atoms with Crippen LogP contribution in [0.1, 0.15) is 13.8 Å². The van der Waals surface area contributed by atoms with E-state index >= 15 is 0 Å². The van der Waals surface area contributed by atoms with Gasteiger partial charge in [-0.3, -0.25) is 10.1 Å². The van der Waals surface area contributed by atoms with Gasteiger partial charge in [0.2, 0.25) is 5.82 Å². The van der Waals surface area contributed by atoms with Crippen LogP contribution in [0.3, 0.4) is 0 Å². The molecule has 7 nitrogen and oxygen atoms in total. The SMILES string of the molecule is COc1ncnc(NCC=C(C)C)c1[N+](=O)[O-]. The van der Waals surface area contributed by atoms with Crippen LogP contribution in [0, 0.1) is 10.1 Å². The van der Waals surface area contributed by atoms with Crippen molar-refractivity contribution in [1.29, 1.82) is 0 Å². The molecule has 0 atom stereocenters. The molecule has 1 aromatic heterocycles. The fourth-order valence-corrected chi connectivity index (χ4v) is 1.16. The molecule has 1 aromatic rings. The summed E-state index contributed by atoms with van der Waals surface area (Å²) in [5.74, 6) is 0.101. The first-order chi connectivity index (χ1) is 8.06. The maximum absolute atomic E-state index is 10.9. The van der Waals surface area contributed by atoms with Gasteiger partial charge in [-0.05, 0) is 13.8 Å². The smallest absolute Gasteiger partial charge is 0.372 e. The van der Waals surface area contributed by atoms with Gasteiger partial charge in [0.05, 0.1) is 12.0 Å². The summed E-state index contributed by atoms with van der Waals surface area (Å²) in [6.45, 7) is 4.34. The third-order valence-electron chi connectivity index (χ3n) is 1.94. The monoisotopic (exact) mass is 238 g/mol. The summed E-state index contributed by atoms with van der Waals surface area (Å²) >= 11 is 0. The van der Waals surface area contributed by atoms with E-state index < -0.39 is 4.92 Å². The minimum Gasteiger partial charge on any atom is -0.476 e. The minimum absolute atomic E-state index is 0.0512. The van der Waals surface area contributed by atoms with E-state index in [0.717, 1.165) is 5.57 Å². The molecule has 1 rings (SSSR count). The Morgan fingerprint density at radius 3 is 2.82 bits per heavy atom. The van der Waals surface area contributed by atoms with E-state index in [0.29, 0.717) is 6.54 Å². The van der Waals surface area contributed by atoms with Gasteiger partial charge in [0.1, 0.15) is 6.33 Å². The molecule has 0 unspecified atom stereocenters. The average molecular weight is 238 g/mol. The maximum Gasteiger partial charge on any atom is 0.372 e. The molecule has 1 heterocycles. The number of methoxy groups -OCH3 is 1. The number of nitrogens with one attached hydrogen (secondary N) is 1. The molecule has 7 heteroatoms. The summed E-state index contributed by atoms with van der Waals surface area (Å²) in [5, 5.41) is 13.7. The van der Waals surface area contributed by atoms with Crippen LogP contribution in [0.25, 0.3) is 0 Å². The lowest BCUT2D eigenvalue weighted by atomic mass is 10.3. The summed E-state index contributed by atoms with van der Waals surface area (Å²) in [6, 6.07) is 0. The molecule has 0 aliphatic heterocycles. The van der Waals surface area contributed by atoms with Crippen molar-refractivity contribution < 1.29 is 9.66 Å². The zero-order valence-electron chi connectivity index (χ0n) is 9.93. The van der Waals surface area contributed by atoms with Gasteiger partial charge in [-0.1, -0.05) is 11.6 Å². The molecule has 17 heavy (non-hydrogen) atoms. The van der Waals surface area contributed by atoms with Crippen LogP contribution in [0.4, 0.5) is 11.5 Å². The zero-order chi connectivity index (χ0) is 12.8. The van der Waals surface area contributed by atoms with Crippen molar-refractivity contribution in [2.45, 2.75) is 13.8 Å². The Kier molecular flexibility index (Phi) is 4.38. The summed E-state index contributed by atoms with van der Waals surface area (Å²) in [6.07, 6.45) is 3.12. The molecule has 0 radical (unpaired) electrons. The third-order valence-corrected chi connectivity index (χ3v) is 1.94. The Hall–Kier alpha value is -2.18. The van der Waals surface area contributed by atoms with Crippen LogP contribution in [-0.4, -0.2) is 28.5 Å². The van der Waals surface area contributed by atoms with Crippen molar-refractivity contribution in [3.05, 3.63) is 28.1 Å². The lowest BCUT2D eigenvalue weighted by Gasteiger charge is -2.05. The van der Waals surface area contributed by atoms with Crippen molar-refractivity contribution in [2.24, 2.45) is 0 Å². The first-order valence-electron chi connectivity index (χ1n) is 4.97. The van der Waals surface area contributed by atoms with Crippen molar-refractivity contribution in [3.8, 4) is 5.88 Å². The molecule has 0 saturated carbocycles. The summed E-state index contributed by atoms with van der Waals surface area (Å²) in [5.41, 5.74) is 0.860. The minimum atomic E-state index is -0.566. The second-order valence-corrected chi connectivity index (χ2v) is 3.50. The van der Waals surface area contributed by atoms with E-state index in [9.17, 15) is 10.1 Å². The Morgan fingerprint density at radius 2 is 2.29 bits per heavy atom. The predicted octanol–water partition coefficient (Wildman–Crippen LogP) is 1.77. The van der Waals surface area contributed by atoms with E-state index in [4.69, 9.17) is 4.74 Å². The molecule has 0 fully saturated rings. The number of hydrogen-bond acceptors (Lipinski definition) is 6. The van der Waals surface area contributed by atoms with E-state index in [1.165, 1.54) is 13.4 Å². The predicted molar refractivity (Wildman–Crippen MR) is 63.2 cm³/mol. The zero-order valence-corrected chi connectivity index (χ0v) is 9.93. The molecule has 0 spiro atoms. The van der Waals surface area contributed by atoms with Crippen molar-refractivity contribution >= 4 is 11.5 Å². The molecular formula is C10H14N4O3. The fraction of sp³-hybridized carbons (Fsp3) is 0.400. The number of ether oxygens (including phenoxy) is 1. The lowest BCUT2D eigenvalue weighted by molar-refractivity contribution is -0.385. The second kappa shape index (κ2) is 5.78. The van der Waals surface area contributed by atoms with Gasteiger partial charge in [-0.2, -0.15) is 4.98 Å². The van der Waals surface area contributed by atoms with Gasteiger partial charge in [0.25, 0.3) is 5.88 Å². The highest BCUT2D eigenvalue weighted by Crippen LogP contribution is 2.29. The van der Waals surface area contributed by atoms with Crippen LogP contribution in [0.15, 0.2) is 18.0 Å². The van der Waals surface area contributed by atoms with E-state index in [2.05, 4.69) is 15.3 Å². The van der Waals surface area contributed by atoms with Gasteiger partial charge in [-0.15, -0.1) is 0 Å². The number of nitrogens with zero attached hydrogens (tertiary/aromatic N) is 3. The number of allylic oxidation sites excluding steroid dienone is 1. The number of hydrogen-bond donors (Lipinski definition) is 1. The topological polar surface area (TPSA) is 90.2 Å². The van der Waals surface area contributed by atoms with Gasteiger partial charge in [-0.25, -0.2) is 4.98 Å². The average Bonchev–Trinajstić information content (AvgIpc) is 2.27. The number of anilines is 1. The van der Waals surface area contributed by atoms with E-state index in [1.54, 1.807) is 0 Å². The molecular weight excluding hydrogens is 224 g/mol. The Bertz CT molecular complexity index is 441. The highest BCUT2D eigenvalue weighted by atomic mass is 16.6. The molecule has 0 amide bonds. The van der Waals surface area contributed by atoms with Crippen LogP contribution >= 0.6 is 0 Å². The molecule has 0 aliphatic carbocycles. The molecule has 0 aromatic carbocycles. The number of nitro groups is 1. The summed E-state index contributed by atoms with van der Waals surface area (Å²) < 4.78 is 4.83. The number of aromatic nitrogens is 2. The normalized spacial score (nSPS) is 9.59. The first kappa shape index (κ1) is 12.9. The van der Waals surface area contributed by atoms with Crippen molar-refractivity contribution in [3.63, 3.8) is 0 Å². The van der Waals surface area contributed by atoms with Crippen LogP contribution < -0.4 is 10.1 Å². The first-order valence-corrected chi connectivity index (χ1v) is 4.97. The highest BCUT2D eigenvalue weighted by Gasteiger charge is 2.23. The quantitative estimate of drug-likeness (QED) is 0.477. The fourth-order valence-electron chi connectivity index (χ4n) is 1.16. The molecule has 92 valence electrons. The van der Waals surface area contributed by atoms with Gasteiger partial charge >= 0.3 is 5.69 Å². The molecule has 0 aliphatic rings. The molecule has 0 saturated heterocycles. The standard InChI is InChI=1S/C10H14N4O3/c1-7(2)4-5-11-9-8(14(15)16)10(17-3)13-6-12-9/h4,6H,5H2,1-3H3,(H,11,12,13). The van der Waals surface area contributed by atoms with Crippen molar-refractivity contribution in [2.75, 3.05) is 19.0 Å². The van der Waals surface area contributed by atoms with E-state index in [-0.39, 0.29) is 17.4 Å². The highest BCUT2D eigenvalue weighted by molar-refractivity contribution is 5.61. The van der Waals surface area contributed by atoms with Gasteiger partial charge in [0.15, 0.2) is 0 Å². The molecule has 1 N–H and O–H groups in total. The maximum atomic E-state index is 10.9. The summed E-state index contributed by atoms with van der Waals surface area (Å²) in [7, 11) is 1.33. The number of rotatable bonds is 5. The van der Waals surface area contributed by atoms with E-state index in [1.807, 2.05) is 19.9 Å². The van der Waals surface area contributed by atoms with Gasteiger partial charge in [0, 0.05) is 6.54 Å². The van der Waals surface area contributed by atoms with Gasteiger partial charge < -0.3 is 10.1 Å². The van der Waals surface area contributed by atoms with Crippen molar-refractivity contribution in [1.82, 2.24) is 9.97 Å². The Morgan fingerprint density at radius 1 is 1.59 bits per heavy atom. The van der Waals surface area contributed by atoms with Crippen LogP contribution in [0.5, 0.6) is 5.88 Å². The molecule has 0 bridgehead atoms.